The topological polar surface area (TPSA) is 77.5 Å². The number of ether oxygens (including phenoxy) is 1. The van der Waals surface area contributed by atoms with Gasteiger partial charge in [0, 0.05) is 6.54 Å². The minimum absolute atomic E-state index is 0.155. The number of carbonyl (C=O) groups is 1. The van der Waals surface area contributed by atoms with Gasteiger partial charge in [0.15, 0.2) is 5.76 Å². The van der Waals surface area contributed by atoms with Gasteiger partial charge in [0.1, 0.15) is 23.9 Å². The average Bonchev–Trinajstić information content (AvgIpc) is 3.08. The zero-order valence-corrected chi connectivity index (χ0v) is 14.0. The Kier molecular flexibility index (Phi) is 5.98. The van der Waals surface area contributed by atoms with Crippen molar-refractivity contribution in [3.8, 4) is 5.75 Å². The number of nitrogens with two attached hydrogens (primary N) is 1. The van der Waals surface area contributed by atoms with Crippen LogP contribution in [0.4, 0.5) is 4.39 Å². The summed E-state index contributed by atoms with van der Waals surface area (Å²) in [4.78, 5) is 12.3. The third-order valence-electron chi connectivity index (χ3n) is 4.20. The van der Waals surface area contributed by atoms with E-state index in [1.54, 1.807) is 12.1 Å². The van der Waals surface area contributed by atoms with Crippen LogP contribution in [0.3, 0.4) is 0 Å². The van der Waals surface area contributed by atoms with Gasteiger partial charge in [-0.2, -0.15) is 0 Å². The lowest BCUT2D eigenvalue weighted by Gasteiger charge is -2.30. The Morgan fingerprint density at radius 3 is 2.46 bits per heavy atom. The normalized spacial score (nSPS) is 11.3. The first-order chi connectivity index (χ1) is 11.5. The van der Waals surface area contributed by atoms with E-state index in [2.05, 4.69) is 5.32 Å². The number of furan rings is 1. The van der Waals surface area contributed by atoms with Gasteiger partial charge in [0.25, 0.3) is 5.91 Å². The van der Waals surface area contributed by atoms with Crippen molar-refractivity contribution in [3.63, 3.8) is 0 Å². The second-order valence-corrected chi connectivity index (χ2v) is 5.65. The number of nitrogens with one attached hydrogen (secondary N) is 1. The fraction of sp³-hybridized carbons (Fsp3) is 0.389. The number of carbonyl (C=O) groups excluding carboxylic acids is 1. The Hall–Kier alpha value is -2.34. The Labute approximate surface area is 141 Å². The van der Waals surface area contributed by atoms with Gasteiger partial charge in [-0.3, -0.25) is 4.79 Å². The molecule has 1 amide bonds. The predicted molar refractivity (Wildman–Crippen MR) is 89.3 cm³/mol. The lowest BCUT2D eigenvalue weighted by Crippen LogP contribution is -2.52. The summed E-state index contributed by atoms with van der Waals surface area (Å²) in [6, 6.07) is 8.98. The minimum atomic E-state index is -0.422. The van der Waals surface area contributed by atoms with Gasteiger partial charge >= 0.3 is 0 Å². The molecule has 1 heterocycles. The maximum atomic E-state index is 12.8. The van der Waals surface area contributed by atoms with Crippen LogP contribution in [-0.2, 0) is 6.61 Å². The zero-order chi connectivity index (χ0) is 17.6. The van der Waals surface area contributed by atoms with E-state index in [9.17, 15) is 9.18 Å². The Morgan fingerprint density at radius 2 is 1.88 bits per heavy atom. The van der Waals surface area contributed by atoms with Crippen molar-refractivity contribution < 1.29 is 18.3 Å². The summed E-state index contributed by atoms with van der Waals surface area (Å²) >= 11 is 0. The second kappa shape index (κ2) is 7.97. The molecular formula is C18H23FN2O3. The smallest absolute Gasteiger partial charge is 0.287 e. The monoisotopic (exact) mass is 334 g/mol. The molecule has 0 saturated carbocycles. The van der Waals surface area contributed by atoms with Crippen LogP contribution in [0, 0.1) is 5.82 Å². The molecule has 24 heavy (non-hydrogen) atoms. The standard InChI is InChI=1S/C18H23FN2O3/c1-3-18(4-2,12-20)21-17(22)16-10-9-15(24-16)11-23-14-7-5-13(19)6-8-14/h5-10H,3-4,11-12,20H2,1-2H3,(H,21,22). The molecule has 0 atom stereocenters. The highest BCUT2D eigenvalue weighted by Crippen LogP contribution is 2.17. The van der Waals surface area contributed by atoms with Crippen LogP contribution >= 0.6 is 0 Å². The first kappa shape index (κ1) is 18.0. The maximum Gasteiger partial charge on any atom is 0.287 e. The Balaban J connectivity index is 1.96. The van der Waals surface area contributed by atoms with E-state index in [4.69, 9.17) is 14.9 Å². The van der Waals surface area contributed by atoms with Gasteiger partial charge in [-0.1, -0.05) is 13.8 Å². The third-order valence-corrected chi connectivity index (χ3v) is 4.20. The highest BCUT2D eigenvalue weighted by molar-refractivity contribution is 5.92. The SMILES string of the molecule is CCC(CC)(CN)NC(=O)c1ccc(COc2ccc(F)cc2)o1. The summed E-state index contributed by atoms with van der Waals surface area (Å²) in [5.41, 5.74) is 5.37. The van der Waals surface area contributed by atoms with E-state index in [1.165, 1.54) is 24.3 Å². The molecule has 130 valence electrons. The summed E-state index contributed by atoms with van der Waals surface area (Å²) in [6.07, 6.45) is 1.49. The fourth-order valence-electron chi connectivity index (χ4n) is 2.33. The van der Waals surface area contributed by atoms with Crippen molar-refractivity contribution in [2.24, 2.45) is 5.73 Å². The third kappa shape index (κ3) is 4.35. The predicted octanol–water partition coefficient (Wildman–Crippen LogP) is 3.25. The molecule has 0 fully saturated rings. The molecule has 2 aromatic rings. The number of hydrogen-bond donors (Lipinski definition) is 2. The average molecular weight is 334 g/mol. The molecular weight excluding hydrogens is 311 g/mol. The highest BCUT2D eigenvalue weighted by Gasteiger charge is 2.27. The van der Waals surface area contributed by atoms with Gasteiger partial charge in [-0.05, 0) is 49.2 Å². The Bertz CT molecular complexity index is 655. The molecule has 2 rings (SSSR count). The summed E-state index contributed by atoms with van der Waals surface area (Å²) in [5, 5.41) is 2.95. The lowest BCUT2D eigenvalue weighted by atomic mass is 9.93. The van der Waals surface area contributed by atoms with Gasteiger partial charge in [0.05, 0.1) is 5.54 Å². The molecule has 0 saturated heterocycles. The van der Waals surface area contributed by atoms with Crippen LogP contribution in [-0.4, -0.2) is 18.0 Å². The van der Waals surface area contributed by atoms with Crippen LogP contribution in [0.25, 0.3) is 0 Å². The molecule has 0 radical (unpaired) electrons. The summed E-state index contributed by atoms with van der Waals surface area (Å²) in [5.74, 6) is 0.632. The number of benzene rings is 1. The molecule has 6 heteroatoms. The van der Waals surface area contributed by atoms with Gasteiger partial charge < -0.3 is 20.2 Å². The van der Waals surface area contributed by atoms with Gasteiger partial charge in [0.2, 0.25) is 0 Å². The summed E-state index contributed by atoms with van der Waals surface area (Å²) in [6.45, 7) is 4.50. The summed E-state index contributed by atoms with van der Waals surface area (Å²) in [7, 11) is 0. The van der Waals surface area contributed by atoms with E-state index in [0.29, 0.717) is 18.1 Å². The minimum Gasteiger partial charge on any atom is -0.486 e. The fourth-order valence-corrected chi connectivity index (χ4v) is 2.33. The molecule has 0 aliphatic heterocycles. The largest absolute Gasteiger partial charge is 0.486 e. The van der Waals surface area contributed by atoms with Crippen LogP contribution in [0.1, 0.15) is 43.0 Å². The summed E-state index contributed by atoms with van der Waals surface area (Å²) < 4.78 is 23.8. The van der Waals surface area contributed by atoms with Crippen molar-refractivity contribution in [2.45, 2.75) is 38.8 Å². The number of hydrogen-bond acceptors (Lipinski definition) is 4. The first-order valence-electron chi connectivity index (χ1n) is 8.01. The van der Waals surface area contributed by atoms with Gasteiger partial charge in [-0.15, -0.1) is 0 Å². The highest BCUT2D eigenvalue weighted by atomic mass is 19.1. The number of rotatable bonds is 8. The second-order valence-electron chi connectivity index (χ2n) is 5.65. The number of amides is 1. The molecule has 1 aromatic carbocycles. The Morgan fingerprint density at radius 1 is 1.21 bits per heavy atom. The molecule has 0 spiro atoms. The quantitative estimate of drug-likeness (QED) is 0.777. The zero-order valence-electron chi connectivity index (χ0n) is 14.0. The van der Waals surface area contributed by atoms with Crippen LogP contribution in [0.5, 0.6) is 5.75 Å². The van der Waals surface area contributed by atoms with Crippen LogP contribution in [0.2, 0.25) is 0 Å². The lowest BCUT2D eigenvalue weighted by molar-refractivity contribution is 0.0862. The first-order valence-corrected chi connectivity index (χ1v) is 8.01. The molecule has 3 N–H and O–H groups in total. The molecule has 0 aliphatic rings. The van der Waals surface area contributed by atoms with Crippen molar-refractivity contribution in [1.29, 1.82) is 0 Å². The maximum absolute atomic E-state index is 12.8. The van der Waals surface area contributed by atoms with Crippen molar-refractivity contribution in [2.75, 3.05) is 6.54 Å². The van der Waals surface area contributed by atoms with Crippen molar-refractivity contribution >= 4 is 5.91 Å². The molecule has 5 nitrogen and oxygen atoms in total. The van der Waals surface area contributed by atoms with Gasteiger partial charge in [-0.25, -0.2) is 4.39 Å². The van der Waals surface area contributed by atoms with E-state index in [1.807, 2.05) is 13.8 Å². The molecule has 0 unspecified atom stereocenters. The van der Waals surface area contributed by atoms with E-state index in [0.717, 1.165) is 12.8 Å². The molecule has 0 aliphatic carbocycles. The van der Waals surface area contributed by atoms with E-state index < -0.39 is 5.54 Å². The molecule has 0 bridgehead atoms. The van der Waals surface area contributed by atoms with E-state index >= 15 is 0 Å². The molecule has 1 aromatic heterocycles. The van der Waals surface area contributed by atoms with Crippen LogP contribution in [0.15, 0.2) is 40.8 Å². The van der Waals surface area contributed by atoms with Crippen LogP contribution < -0.4 is 15.8 Å². The van der Waals surface area contributed by atoms with Crippen molar-refractivity contribution in [1.82, 2.24) is 5.32 Å². The number of halogens is 1. The van der Waals surface area contributed by atoms with Crippen molar-refractivity contribution in [3.05, 3.63) is 53.7 Å². The van der Waals surface area contributed by atoms with E-state index in [-0.39, 0.29) is 24.1 Å².